The SMILES string of the molecule is CCCCCCCCCCCCC(CC(C)C)C(=O)O.CCCCCCCCCCCCCC(=O)OCC(C)C. The quantitative estimate of drug-likeness (QED) is 0.0753. The minimum Gasteiger partial charge on any atom is -0.481 e. The van der Waals surface area contributed by atoms with Crippen LogP contribution in [0.25, 0.3) is 0 Å². The van der Waals surface area contributed by atoms with Gasteiger partial charge in [-0.15, -0.1) is 0 Å². The summed E-state index contributed by atoms with van der Waals surface area (Å²) < 4.78 is 5.16. The molecule has 0 aliphatic carbocycles. The summed E-state index contributed by atoms with van der Waals surface area (Å²) in [5.41, 5.74) is 0. The highest BCUT2D eigenvalue weighted by Crippen LogP contribution is 2.20. The molecule has 0 aliphatic rings. The number of carbonyl (C=O) groups excluding carboxylic acids is 1. The zero-order chi connectivity index (χ0) is 30.3. The van der Waals surface area contributed by atoms with Crippen molar-refractivity contribution in [2.45, 2.75) is 196 Å². The molecule has 0 radical (unpaired) electrons. The van der Waals surface area contributed by atoms with E-state index in [9.17, 15) is 9.59 Å². The molecule has 0 saturated carbocycles. The van der Waals surface area contributed by atoms with Crippen LogP contribution < -0.4 is 0 Å². The number of carbonyl (C=O) groups is 2. The van der Waals surface area contributed by atoms with Gasteiger partial charge in [0.05, 0.1) is 12.5 Å². The van der Waals surface area contributed by atoms with Crippen LogP contribution in [0.1, 0.15) is 196 Å². The van der Waals surface area contributed by atoms with E-state index in [0.29, 0.717) is 24.9 Å². The Morgan fingerprint density at radius 3 is 1.27 bits per heavy atom. The highest BCUT2D eigenvalue weighted by molar-refractivity contribution is 5.70. The fourth-order valence-electron chi connectivity index (χ4n) is 5.05. The van der Waals surface area contributed by atoms with Gasteiger partial charge in [-0.2, -0.15) is 0 Å². The molecule has 40 heavy (non-hydrogen) atoms. The van der Waals surface area contributed by atoms with E-state index in [4.69, 9.17) is 9.84 Å². The Morgan fingerprint density at radius 2 is 0.925 bits per heavy atom. The van der Waals surface area contributed by atoms with Crippen molar-refractivity contribution in [3.63, 3.8) is 0 Å². The molecule has 0 saturated heterocycles. The molecular weight excluding hydrogens is 496 g/mol. The van der Waals surface area contributed by atoms with Gasteiger partial charge in [-0.3, -0.25) is 9.59 Å². The predicted octanol–water partition coefficient (Wildman–Crippen LogP) is 11.9. The number of esters is 1. The first kappa shape index (κ1) is 41.1. The number of hydrogen-bond donors (Lipinski definition) is 1. The van der Waals surface area contributed by atoms with E-state index in [0.717, 1.165) is 25.7 Å². The van der Waals surface area contributed by atoms with Crippen LogP contribution in [0.15, 0.2) is 0 Å². The fourth-order valence-corrected chi connectivity index (χ4v) is 5.05. The van der Waals surface area contributed by atoms with Crippen molar-refractivity contribution in [1.82, 2.24) is 0 Å². The number of ether oxygens (including phenoxy) is 1. The largest absolute Gasteiger partial charge is 0.481 e. The molecule has 0 aromatic carbocycles. The normalized spacial score (nSPS) is 11.9. The maximum atomic E-state index is 11.4. The molecule has 4 nitrogen and oxygen atoms in total. The van der Waals surface area contributed by atoms with Crippen molar-refractivity contribution in [3.8, 4) is 0 Å². The summed E-state index contributed by atoms with van der Waals surface area (Å²) in [5, 5.41) is 9.17. The molecule has 0 amide bonds. The number of unbranched alkanes of at least 4 members (excludes halogenated alkanes) is 19. The lowest BCUT2D eigenvalue weighted by Gasteiger charge is -2.14. The molecule has 0 rings (SSSR count). The molecule has 0 spiro atoms. The maximum absolute atomic E-state index is 11.4. The van der Waals surface area contributed by atoms with E-state index in [1.165, 1.54) is 122 Å². The number of rotatable bonds is 28. The van der Waals surface area contributed by atoms with Crippen LogP contribution in [-0.4, -0.2) is 23.7 Å². The van der Waals surface area contributed by atoms with Crippen LogP contribution in [0.4, 0.5) is 0 Å². The summed E-state index contributed by atoms with van der Waals surface area (Å²) in [6, 6.07) is 0. The average Bonchev–Trinajstić information content (AvgIpc) is 2.91. The summed E-state index contributed by atoms with van der Waals surface area (Å²) in [5.74, 6) is 0.184. The van der Waals surface area contributed by atoms with E-state index in [2.05, 4.69) is 41.5 Å². The molecule has 4 heteroatoms. The van der Waals surface area contributed by atoms with Gasteiger partial charge in [-0.1, -0.05) is 170 Å². The Morgan fingerprint density at radius 1 is 0.550 bits per heavy atom. The molecule has 0 aromatic heterocycles. The third-order valence-corrected chi connectivity index (χ3v) is 7.57. The number of hydrogen-bond acceptors (Lipinski definition) is 3. The smallest absolute Gasteiger partial charge is 0.306 e. The van der Waals surface area contributed by atoms with Crippen LogP contribution in [-0.2, 0) is 14.3 Å². The third-order valence-electron chi connectivity index (χ3n) is 7.57. The van der Waals surface area contributed by atoms with Crippen LogP contribution in [0.2, 0.25) is 0 Å². The Kier molecular flexibility index (Phi) is 33.3. The Balaban J connectivity index is 0. The molecule has 0 heterocycles. The Hall–Kier alpha value is -1.06. The fraction of sp³-hybridized carbons (Fsp3) is 0.944. The van der Waals surface area contributed by atoms with Gasteiger partial charge in [0.25, 0.3) is 0 Å². The molecule has 1 atom stereocenters. The first-order valence-corrected chi connectivity index (χ1v) is 17.6. The van der Waals surface area contributed by atoms with E-state index in [1.807, 2.05) is 0 Å². The topological polar surface area (TPSA) is 63.6 Å². The maximum Gasteiger partial charge on any atom is 0.306 e. The monoisotopic (exact) mass is 569 g/mol. The molecule has 1 unspecified atom stereocenters. The minimum absolute atomic E-state index is 0.0189. The summed E-state index contributed by atoms with van der Waals surface area (Å²) in [6.07, 6.45) is 29.9. The molecule has 240 valence electrons. The molecule has 1 N–H and O–H groups in total. The average molecular weight is 569 g/mol. The summed E-state index contributed by atoms with van der Waals surface area (Å²) in [4.78, 5) is 22.5. The van der Waals surface area contributed by atoms with E-state index in [-0.39, 0.29) is 11.9 Å². The van der Waals surface area contributed by atoms with Gasteiger partial charge in [0.2, 0.25) is 0 Å². The van der Waals surface area contributed by atoms with E-state index in [1.54, 1.807) is 0 Å². The van der Waals surface area contributed by atoms with Gasteiger partial charge in [0.15, 0.2) is 0 Å². The number of carboxylic acids is 1. The number of aliphatic carboxylic acids is 1. The second-order valence-corrected chi connectivity index (χ2v) is 13.0. The summed E-state index contributed by atoms with van der Waals surface area (Å²) in [6.45, 7) is 13.4. The lowest BCUT2D eigenvalue weighted by Crippen LogP contribution is -2.15. The summed E-state index contributed by atoms with van der Waals surface area (Å²) >= 11 is 0. The van der Waals surface area contributed by atoms with Crippen molar-refractivity contribution in [1.29, 1.82) is 0 Å². The highest BCUT2D eigenvalue weighted by atomic mass is 16.5. The van der Waals surface area contributed by atoms with Gasteiger partial charge in [-0.05, 0) is 31.1 Å². The first-order valence-electron chi connectivity index (χ1n) is 17.6. The first-order chi connectivity index (χ1) is 19.2. The zero-order valence-electron chi connectivity index (χ0n) is 28.1. The second kappa shape index (κ2) is 32.5. The van der Waals surface area contributed by atoms with Crippen LogP contribution >= 0.6 is 0 Å². The van der Waals surface area contributed by atoms with Crippen molar-refractivity contribution < 1.29 is 19.4 Å². The van der Waals surface area contributed by atoms with Gasteiger partial charge >= 0.3 is 11.9 Å². The lowest BCUT2D eigenvalue weighted by atomic mass is 9.92. The van der Waals surface area contributed by atoms with Gasteiger partial charge in [0, 0.05) is 6.42 Å². The minimum atomic E-state index is -0.602. The number of carboxylic acid groups (broad SMARTS) is 1. The standard InChI is InChI=1S/2C18H36O2/c1-4-5-6-7-8-9-10-11-12-13-14-17(18(19)20)15-16(2)3;1-4-5-6-7-8-9-10-11-12-13-14-15-18(19)20-16-17(2)3/h16-17H,4-15H2,1-3H3,(H,19,20);17H,4-16H2,1-3H3. The molecule has 0 fully saturated rings. The van der Waals surface area contributed by atoms with Crippen molar-refractivity contribution >= 4 is 11.9 Å². The van der Waals surface area contributed by atoms with E-state index >= 15 is 0 Å². The van der Waals surface area contributed by atoms with Crippen LogP contribution in [0, 0.1) is 17.8 Å². The predicted molar refractivity (Wildman–Crippen MR) is 174 cm³/mol. The van der Waals surface area contributed by atoms with Gasteiger partial charge in [-0.25, -0.2) is 0 Å². The van der Waals surface area contributed by atoms with E-state index < -0.39 is 5.97 Å². The third kappa shape index (κ3) is 35.0. The Bertz CT molecular complexity index is 527. The molecular formula is C36H72O4. The van der Waals surface area contributed by atoms with Crippen molar-refractivity contribution in [2.24, 2.45) is 17.8 Å². The summed E-state index contributed by atoms with van der Waals surface area (Å²) in [7, 11) is 0. The zero-order valence-corrected chi connectivity index (χ0v) is 28.1. The van der Waals surface area contributed by atoms with Crippen LogP contribution in [0.5, 0.6) is 0 Å². The van der Waals surface area contributed by atoms with Crippen molar-refractivity contribution in [3.05, 3.63) is 0 Å². The van der Waals surface area contributed by atoms with Gasteiger partial charge in [0.1, 0.15) is 0 Å². The molecule has 0 bridgehead atoms. The second-order valence-electron chi connectivity index (χ2n) is 13.0. The highest BCUT2D eigenvalue weighted by Gasteiger charge is 2.17. The van der Waals surface area contributed by atoms with Crippen LogP contribution in [0.3, 0.4) is 0 Å². The molecule has 0 aromatic rings. The molecule has 0 aliphatic heterocycles. The van der Waals surface area contributed by atoms with Crippen molar-refractivity contribution in [2.75, 3.05) is 6.61 Å². The Labute approximate surface area is 251 Å². The lowest BCUT2D eigenvalue weighted by molar-refractivity contribution is -0.145. The van der Waals surface area contributed by atoms with Gasteiger partial charge < -0.3 is 9.84 Å².